The fourth-order valence-corrected chi connectivity index (χ4v) is 3.36. The third kappa shape index (κ3) is 3.51. The number of piperazine rings is 1. The minimum absolute atomic E-state index is 0.00657. The predicted octanol–water partition coefficient (Wildman–Crippen LogP) is 2.08. The molecular formula is C21H21N5O2. The topological polar surface area (TPSA) is 71.3 Å². The van der Waals surface area contributed by atoms with E-state index in [0.29, 0.717) is 37.4 Å². The summed E-state index contributed by atoms with van der Waals surface area (Å²) in [6.07, 6.45) is 3.43. The molecule has 28 heavy (non-hydrogen) atoms. The fourth-order valence-electron chi connectivity index (χ4n) is 3.36. The van der Waals surface area contributed by atoms with Crippen LogP contribution in [0.25, 0.3) is 11.3 Å². The molecule has 1 saturated heterocycles. The van der Waals surface area contributed by atoms with Crippen LogP contribution in [0.15, 0.2) is 60.9 Å². The number of pyridine rings is 1. The number of amides is 2. The maximum atomic E-state index is 13.0. The van der Waals surface area contributed by atoms with Crippen LogP contribution in [0.4, 0.5) is 0 Å². The van der Waals surface area contributed by atoms with Crippen LogP contribution in [0.5, 0.6) is 0 Å². The minimum Gasteiger partial charge on any atom is -0.335 e. The highest BCUT2D eigenvalue weighted by Crippen LogP contribution is 2.19. The summed E-state index contributed by atoms with van der Waals surface area (Å²) in [7, 11) is 1.77. The van der Waals surface area contributed by atoms with E-state index in [1.54, 1.807) is 40.0 Å². The summed E-state index contributed by atoms with van der Waals surface area (Å²) in [6.45, 7) is 2.05. The van der Waals surface area contributed by atoms with E-state index in [1.165, 1.54) is 0 Å². The number of hydrogen-bond acceptors (Lipinski definition) is 4. The zero-order valence-corrected chi connectivity index (χ0v) is 15.7. The van der Waals surface area contributed by atoms with Gasteiger partial charge in [0.25, 0.3) is 11.8 Å². The van der Waals surface area contributed by atoms with Crippen LogP contribution in [0.3, 0.4) is 0 Å². The van der Waals surface area contributed by atoms with Crippen LogP contribution in [-0.2, 0) is 7.05 Å². The Balaban J connectivity index is 1.43. The third-order valence-corrected chi connectivity index (χ3v) is 4.93. The summed E-state index contributed by atoms with van der Waals surface area (Å²) >= 11 is 0. The monoisotopic (exact) mass is 375 g/mol. The first-order valence-electron chi connectivity index (χ1n) is 9.21. The molecule has 0 saturated carbocycles. The number of carbonyl (C=O) groups excluding carboxylic acids is 2. The third-order valence-electron chi connectivity index (χ3n) is 4.93. The molecule has 3 aromatic rings. The van der Waals surface area contributed by atoms with E-state index >= 15 is 0 Å². The van der Waals surface area contributed by atoms with Crippen molar-refractivity contribution < 1.29 is 9.59 Å². The fraction of sp³-hybridized carbons (Fsp3) is 0.238. The highest BCUT2D eigenvalue weighted by Gasteiger charge is 2.27. The van der Waals surface area contributed by atoms with Gasteiger partial charge in [-0.3, -0.25) is 19.3 Å². The van der Waals surface area contributed by atoms with Crippen molar-refractivity contribution in [2.45, 2.75) is 0 Å². The molecule has 0 aliphatic carbocycles. The van der Waals surface area contributed by atoms with Crippen LogP contribution in [0, 0.1) is 0 Å². The molecule has 7 heteroatoms. The molecule has 1 aliphatic heterocycles. The van der Waals surface area contributed by atoms with E-state index in [1.807, 2.05) is 42.5 Å². The Hall–Kier alpha value is -3.48. The van der Waals surface area contributed by atoms with Crippen LogP contribution < -0.4 is 0 Å². The quantitative estimate of drug-likeness (QED) is 0.703. The first kappa shape index (κ1) is 17.9. The Morgan fingerprint density at radius 2 is 1.57 bits per heavy atom. The number of rotatable bonds is 3. The van der Waals surface area contributed by atoms with Gasteiger partial charge in [0.15, 0.2) is 0 Å². The molecule has 142 valence electrons. The van der Waals surface area contributed by atoms with Crippen LogP contribution in [0.2, 0.25) is 0 Å². The summed E-state index contributed by atoms with van der Waals surface area (Å²) < 4.78 is 1.60. The Morgan fingerprint density at radius 1 is 0.893 bits per heavy atom. The predicted molar refractivity (Wildman–Crippen MR) is 105 cm³/mol. The van der Waals surface area contributed by atoms with Gasteiger partial charge in [0, 0.05) is 56.7 Å². The average molecular weight is 375 g/mol. The van der Waals surface area contributed by atoms with Crippen molar-refractivity contribution in [1.29, 1.82) is 0 Å². The number of carbonyl (C=O) groups is 2. The van der Waals surface area contributed by atoms with Gasteiger partial charge in [-0.15, -0.1) is 0 Å². The van der Waals surface area contributed by atoms with E-state index < -0.39 is 0 Å². The lowest BCUT2D eigenvalue weighted by atomic mass is 10.1. The Morgan fingerprint density at radius 3 is 2.21 bits per heavy atom. The van der Waals surface area contributed by atoms with E-state index in [2.05, 4.69) is 10.1 Å². The zero-order valence-electron chi connectivity index (χ0n) is 15.7. The molecule has 2 amide bonds. The Kier molecular flexibility index (Phi) is 4.89. The van der Waals surface area contributed by atoms with Crippen LogP contribution >= 0.6 is 0 Å². The zero-order chi connectivity index (χ0) is 19.5. The lowest BCUT2D eigenvalue weighted by Gasteiger charge is -2.34. The number of aryl methyl sites for hydroxylation is 1. The van der Waals surface area contributed by atoms with Gasteiger partial charge in [-0.05, 0) is 30.3 Å². The summed E-state index contributed by atoms with van der Waals surface area (Å²) in [4.78, 5) is 33.2. The maximum absolute atomic E-state index is 13.0. The van der Waals surface area contributed by atoms with Gasteiger partial charge in [0.05, 0.1) is 5.69 Å². The second kappa shape index (κ2) is 7.64. The van der Waals surface area contributed by atoms with Gasteiger partial charge in [0.2, 0.25) is 0 Å². The van der Waals surface area contributed by atoms with E-state index in [9.17, 15) is 9.59 Å². The highest BCUT2D eigenvalue weighted by atomic mass is 16.2. The van der Waals surface area contributed by atoms with Crippen LogP contribution in [-0.4, -0.2) is 62.6 Å². The van der Waals surface area contributed by atoms with Gasteiger partial charge in [-0.2, -0.15) is 5.10 Å². The van der Waals surface area contributed by atoms with Crippen molar-refractivity contribution >= 4 is 11.8 Å². The summed E-state index contributed by atoms with van der Waals surface area (Å²) in [5, 5.41) is 4.44. The number of nitrogens with zero attached hydrogens (tertiary/aromatic N) is 5. The molecule has 1 aliphatic rings. The van der Waals surface area contributed by atoms with Gasteiger partial charge in [-0.1, -0.05) is 18.2 Å². The van der Waals surface area contributed by atoms with Gasteiger partial charge >= 0.3 is 0 Å². The number of hydrogen-bond donors (Lipinski definition) is 0. The molecule has 0 radical (unpaired) electrons. The first-order valence-corrected chi connectivity index (χ1v) is 9.21. The molecular weight excluding hydrogens is 354 g/mol. The smallest absolute Gasteiger partial charge is 0.272 e. The Bertz CT molecular complexity index is 977. The summed E-state index contributed by atoms with van der Waals surface area (Å²) in [6, 6.07) is 14.8. The SMILES string of the molecule is Cn1nc(-c2cccnc2)cc1C(=O)N1CCN(C(=O)c2ccccc2)CC1. The largest absolute Gasteiger partial charge is 0.335 e. The van der Waals surface area contributed by atoms with E-state index in [0.717, 1.165) is 11.3 Å². The second-order valence-corrected chi connectivity index (χ2v) is 6.73. The molecule has 1 aromatic carbocycles. The van der Waals surface area contributed by atoms with E-state index in [-0.39, 0.29) is 11.8 Å². The highest BCUT2D eigenvalue weighted by molar-refractivity contribution is 5.95. The average Bonchev–Trinajstić information content (AvgIpc) is 3.16. The van der Waals surface area contributed by atoms with Crippen molar-refractivity contribution in [3.8, 4) is 11.3 Å². The molecule has 0 N–H and O–H groups in total. The molecule has 0 unspecified atom stereocenters. The van der Waals surface area contributed by atoms with Crippen LogP contribution in [0.1, 0.15) is 20.8 Å². The molecule has 2 aromatic heterocycles. The molecule has 4 rings (SSSR count). The minimum atomic E-state index is -0.0723. The number of benzene rings is 1. The van der Waals surface area contributed by atoms with E-state index in [4.69, 9.17) is 0 Å². The molecule has 0 atom stereocenters. The summed E-state index contributed by atoms with van der Waals surface area (Å²) in [5.74, 6) is -0.0657. The lowest BCUT2D eigenvalue weighted by Crippen LogP contribution is -2.50. The van der Waals surface area contributed by atoms with Crippen molar-refractivity contribution in [2.75, 3.05) is 26.2 Å². The maximum Gasteiger partial charge on any atom is 0.272 e. The van der Waals surface area contributed by atoms with Crippen molar-refractivity contribution in [3.05, 3.63) is 72.2 Å². The normalized spacial score (nSPS) is 14.2. The van der Waals surface area contributed by atoms with Gasteiger partial charge in [0.1, 0.15) is 5.69 Å². The summed E-state index contributed by atoms with van der Waals surface area (Å²) in [5.41, 5.74) is 2.80. The molecule has 3 heterocycles. The second-order valence-electron chi connectivity index (χ2n) is 6.73. The van der Waals surface area contributed by atoms with Crippen molar-refractivity contribution in [1.82, 2.24) is 24.6 Å². The van der Waals surface area contributed by atoms with Gasteiger partial charge < -0.3 is 9.80 Å². The van der Waals surface area contributed by atoms with Crippen molar-refractivity contribution in [3.63, 3.8) is 0 Å². The molecule has 7 nitrogen and oxygen atoms in total. The first-order chi connectivity index (χ1) is 13.6. The number of aromatic nitrogens is 3. The standard InChI is InChI=1S/C21H21N5O2/c1-24-19(14-18(23-24)17-8-5-9-22-15-17)21(28)26-12-10-25(11-13-26)20(27)16-6-3-2-4-7-16/h2-9,14-15H,10-13H2,1H3. The molecule has 0 spiro atoms. The molecule has 1 fully saturated rings. The van der Waals surface area contributed by atoms with Gasteiger partial charge in [-0.25, -0.2) is 0 Å². The van der Waals surface area contributed by atoms with Crippen molar-refractivity contribution in [2.24, 2.45) is 7.05 Å². The lowest BCUT2D eigenvalue weighted by molar-refractivity contribution is 0.0529. The molecule has 0 bridgehead atoms. The Labute approximate surface area is 163 Å².